The number of methoxy groups -OCH3 is 2. The fourth-order valence-corrected chi connectivity index (χ4v) is 2.04. The maximum absolute atomic E-state index is 12.1. The summed E-state index contributed by atoms with van der Waals surface area (Å²) >= 11 is 0. The normalized spacial score (nSPS) is 11.5. The summed E-state index contributed by atoms with van der Waals surface area (Å²) in [6.07, 6.45) is -3.37. The first-order valence-corrected chi connectivity index (χ1v) is 6.79. The highest BCUT2D eigenvalue weighted by molar-refractivity contribution is 5.39. The van der Waals surface area contributed by atoms with Crippen molar-refractivity contribution in [3.05, 3.63) is 17.3 Å². The van der Waals surface area contributed by atoms with Crippen molar-refractivity contribution in [3.63, 3.8) is 0 Å². The highest BCUT2D eigenvalue weighted by Crippen LogP contribution is 2.28. The van der Waals surface area contributed by atoms with E-state index in [2.05, 4.69) is 4.98 Å². The van der Waals surface area contributed by atoms with Crippen LogP contribution in [0.2, 0.25) is 0 Å². The summed E-state index contributed by atoms with van der Waals surface area (Å²) in [6.45, 7) is 0.428. The molecule has 1 aromatic heterocycles. The van der Waals surface area contributed by atoms with E-state index in [1.165, 1.54) is 14.2 Å². The molecule has 0 unspecified atom stereocenters. The molecule has 0 aliphatic carbocycles. The van der Waals surface area contributed by atoms with Gasteiger partial charge in [0.05, 0.1) is 19.9 Å². The number of nitrogens with two attached hydrogens (primary N) is 1. The third-order valence-corrected chi connectivity index (χ3v) is 3.05. The number of rotatable bonds is 8. The number of aryl methyl sites for hydroxylation is 1. The van der Waals surface area contributed by atoms with Gasteiger partial charge in [-0.2, -0.15) is 13.2 Å². The van der Waals surface area contributed by atoms with Gasteiger partial charge in [-0.05, 0) is 31.9 Å². The topological polar surface area (TPSA) is 57.4 Å². The molecular formula is C14H21F3N2O2. The highest BCUT2D eigenvalue weighted by atomic mass is 19.4. The molecule has 0 fully saturated rings. The van der Waals surface area contributed by atoms with Crippen LogP contribution in [0.3, 0.4) is 0 Å². The first-order valence-electron chi connectivity index (χ1n) is 6.79. The largest absolute Gasteiger partial charge is 0.495 e. The predicted octanol–water partition coefficient (Wildman–Crippen LogP) is 2.88. The van der Waals surface area contributed by atoms with Crippen LogP contribution in [0.1, 0.15) is 30.5 Å². The van der Waals surface area contributed by atoms with Gasteiger partial charge in [-0.1, -0.05) is 0 Å². The van der Waals surface area contributed by atoms with Gasteiger partial charge in [0.2, 0.25) is 5.88 Å². The smallest absolute Gasteiger partial charge is 0.389 e. The molecule has 0 bridgehead atoms. The number of unbranched alkanes of at least 4 members (excludes halogenated alkanes) is 1. The second-order valence-corrected chi connectivity index (χ2v) is 4.67. The van der Waals surface area contributed by atoms with Crippen LogP contribution in [0.25, 0.3) is 0 Å². The molecule has 0 atom stereocenters. The average molecular weight is 306 g/mol. The molecule has 0 aliphatic rings. The van der Waals surface area contributed by atoms with Crippen molar-refractivity contribution in [3.8, 4) is 11.6 Å². The molecule has 0 radical (unpaired) electrons. The monoisotopic (exact) mass is 306 g/mol. The molecule has 1 heterocycles. The van der Waals surface area contributed by atoms with E-state index in [0.717, 1.165) is 5.56 Å². The van der Waals surface area contributed by atoms with Crippen molar-refractivity contribution in [2.24, 2.45) is 5.73 Å². The maximum Gasteiger partial charge on any atom is 0.389 e. The van der Waals surface area contributed by atoms with Gasteiger partial charge in [-0.25, -0.2) is 4.98 Å². The number of alkyl halides is 3. The molecule has 0 saturated carbocycles. The Labute approximate surface area is 122 Å². The third kappa shape index (κ3) is 5.79. The summed E-state index contributed by atoms with van der Waals surface area (Å²) < 4.78 is 46.8. The summed E-state index contributed by atoms with van der Waals surface area (Å²) in [5, 5.41) is 0. The number of pyridine rings is 1. The van der Waals surface area contributed by atoms with E-state index < -0.39 is 12.6 Å². The van der Waals surface area contributed by atoms with Crippen molar-refractivity contribution in [2.45, 2.75) is 38.3 Å². The summed E-state index contributed by atoms with van der Waals surface area (Å²) in [4.78, 5) is 4.33. The number of ether oxygens (including phenoxy) is 2. The van der Waals surface area contributed by atoms with Crippen molar-refractivity contribution in [1.29, 1.82) is 0 Å². The number of halogens is 3. The Kier molecular flexibility index (Phi) is 6.74. The van der Waals surface area contributed by atoms with Crippen LogP contribution in [-0.2, 0) is 12.8 Å². The van der Waals surface area contributed by atoms with Crippen molar-refractivity contribution >= 4 is 0 Å². The van der Waals surface area contributed by atoms with Crippen molar-refractivity contribution in [2.75, 3.05) is 20.8 Å². The lowest BCUT2D eigenvalue weighted by molar-refractivity contribution is -0.135. The Morgan fingerprint density at radius 1 is 1.14 bits per heavy atom. The molecule has 2 N–H and O–H groups in total. The quantitative estimate of drug-likeness (QED) is 0.750. The maximum atomic E-state index is 12.1. The van der Waals surface area contributed by atoms with Gasteiger partial charge in [-0.15, -0.1) is 0 Å². The van der Waals surface area contributed by atoms with Gasteiger partial charge in [0.25, 0.3) is 0 Å². The Bertz CT molecular complexity index is 451. The molecule has 1 aromatic rings. The summed E-state index contributed by atoms with van der Waals surface area (Å²) in [5.41, 5.74) is 6.95. The van der Waals surface area contributed by atoms with Gasteiger partial charge >= 0.3 is 6.18 Å². The lowest BCUT2D eigenvalue weighted by Crippen LogP contribution is -2.09. The van der Waals surface area contributed by atoms with Crippen molar-refractivity contribution < 1.29 is 22.6 Å². The molecule has 0 saturated heterocycles. The van der Waals surface area contributed by atoms with Crippen LogP contribution < -0.4 is 15.2 Å². The van der Waals surface area contributed by atoms with Crippen LogP contribution in [-0.4, -0.2) is 31.9 Å². The van der Waals surface area contributed by atoms with E-state index in [4.69, 9.17) is 15.2 Å². The molecule has 0 aliphatic heterocycles. The van der Waals surface area contributed by atoms with E-state index in [0.29, 0.717) is 43.1 Å². The summed E-state index contributed by atoms with van der Waals surface area (Å²) in [5.74, 6) is 1.01. The summed E-state index contributed by atoms with van der Waals surface area (Å²) in [7, 11) is 3.01. The second-order valence-electron chi connectivity index (χ2n) is 4.67. The minimum absolute atomic E-state index is 0.0829. The van der Waals surface area contributed by atoms with E-state index in [1.54, 1.807) is 6.07 Å². The zero-order chi connectivity index (χ0) is 15.9. The predicted molar refractivity (Wildman–Crippen MR) is 73.7 cm³/mol. The molecule has 1 rings (SSSR count). The highest BCUT2D eigenvalue weighted by Gasteiger charge is 2.26. The van der Waals surface area contributed by atoms with E-state index in [9.17, 15) is 13.2 Å². The Balaban J connectivity index is 2.76. The Morgan fingerprint density at radius 2 is 1.86 bits per heavy atom. The molecule has 0 spiro atoms. The number of aromatic nitrogens is 1. The lowest BCUT2D eigenvalue weighted by atomic mass is 10.1. The first-order chi connectivity index (χ1) is 9.91. The van der Waals surface area contributed by atoms with Crippen molar-refractivity contribution in [1.82, 2.24) is 4.98 Å². The van der Waals surface area contributed by atoms with Gasteiger partial charge in [0.15, 0.2) is 0 Å². The Hall–Kier alpha value is -1.50. The number of hydrogen-bond donors (Lipinski definition) is 1. The fourth-order valence-electron chi connectivity index (χ4n) is 2.04. The fraction of sp³-hybridized carbons (Fsp3) is 0.643. The van der Waals surface area contributed by atoms with Crippen LogP contribution >= 0.6 is 0 Å². The van der Waals surface area contributed by atoms with Crippen LogP contribution in [0.4, 0.5) is 13.2 Å². The second kappa shape index (κ2) is 8.07. The van der Waals surface area contributed by atoms with Gasteiger partial charge < -0.3 is 15.2 Å². The number of nitrogens with zero attached hydrogens (tertiary/aromatic N) is 1. The number of hydrogen-bond acceptors (Lipinski definition) is 4. The van der Waals surface area contributed by atoms with Gasteiger partial charge in [-0.3, -0.25) is 0 Å². The molecule has 0 aromatic carbocycles. The van der Waals surface area contributed by atoms with Crippen LogP contribution in [0.5, 0.6) is 11.6 Å². The van der Waals surface area contributed by atoms with Gasteiger partial charge in [0, 0.05) is 18.4 Å². The van der Waals surface area contributed by atoms with E-state index >= 15 is 0 Å². The molecule has 0 amide bonds. The first kappa shape index (κ1) is 17.6. The average Bonchev–Trinajstić information content (AvgIpc) is 2.43. The molecule has 21 heavy (non-hydrogen) atoms. The zero-order valence-corrected chi connectivity index (χ0v) is 12.3. The minimum Gasteiger partial charge on any atom is -0.495 e. The SMILES string of the molecule is COc1cc(CCCCC(F)(F)F)c(OC)nc1CCN. The Morgan fingerprint density at radius 3 is 2.38 bits per heavy atom. The summed E-state index contributed by atoms with van der Waals surface area (Å²) in [6, 6.07) is 1.77. The minimum atomic E-state index is -4.11. The molecule has 4 nitrogen and oxygen atoms in total. The van der Waals surface area contributed by atoms with Gasteiger partial charge in [0.1, 0.15) is 5.75 Å². The van der Waals surface area contributed by atoms with Crippen LogP contribution in [0.15, 0.2) is 6.07 Å². The lowest BCUT2D eigenvalue weighted by Gasteiger charge is -2.13. The molecule has 120 valence electrons. The standard InChI is InChI=1S/C14H21F3N2O2/c1-20-12-9-10(5-3-4-7-14(15,16)17)13(21-2)19-11(12)6-8-18/h9H,3-8,18H2,1-2H3. The molecule has 7 heteroatoms. The van der Waals surface area contributed by atoms with Crippen LogP contribution in [0, 0.1) is 0 Å². The molecular weight excluding hydrogens is 285 g/mol. The third-order valence-electron chi connectivity index (χ3n) is 3.05. The zero-order valence-electron chi connectivity index (χ0n) is 12.3. The van der Waals surface area contributed by atoms with E-state index in [1.807, 2.05) is 0 Å². The van der Waals surface area contributed by atoms with E-state index in [-0.39, 0.29) is 6.42 Å².